The second-order valence-electron chi connectivity index (χ2n) is 4.58. The summed E-state index contributed by atoms with van der Waals surface area (Å²) in [5.74, 6) is -0.515. The first-order valence-corrected chi connectivity index (χ1v) is 7.78. The van der Waals surface area contributed by atoms with Gasteiger partial charge in [-0.25, -0.2) is 4.39 Å². The third kappa shape index (κ3) is 3.64. The zero-order chi connectivity index (χ0) is 15.4. The molecule has 2 atom stereocenters. The maximum atomic E-state index is 14.3. The Morgan fingerprint density at radius 2 is 1.90 bits per heavy atom. The van der Waals surface area contributed by atoms with Gasteiger partial charge < -0.3 is 10.5 Å². The van der Waals surface area contributed by atoms with Crippen molar-refractivity contribution >= 4 is 27.5 Å². The molecule has 0 aliphatic heterocycles. The van der Waals surface area contributed by atoms with Gasteiger partial charge in [0.05, 0.1) is 11.1 Å². The molecule has 2 nitrogen and oxygen atoms in total. The van der Waals surface area contributed by atoms with E-state index < -0.39 is 18.0 Å². The van der Waals surface area contributed by atoms with Gasteiger partial charge in [-0.05, 0) is 34.5 Å². The van der Waals surface area contributed by atoms with Crippen LogP contribution in [0.4, 0.5) is 4.39 Å². The van der Waals surface area contributed by atoms with Crippen LogP contribution in [0.2, 0.25) is 5.02 Å². The van der Waals surface area contributed by atoms with Crippen LogP contribution in [0.5, 0.6) is 0 Å². The molecule has 0 fully saturated rings. The molecule has 0 heterocycles. The van der Waals surface area contributed by atoms with E-state index in [-0.39, 0.29) is 5.02 Å². The minimum atomic E-state index is -0.641. The molecule has 0 aliphatic carbocycles. The first kappa shape index (κ1) is 16.4. The van der Waals surface area contributed by atoms with E-state index >= 15 is 0 Å². The van der Waals surface area contributed by atoms with Gasteiger partial charge in [0, 0.05) is 16.6 Å². The Balaban J connectivity index is 2.40. The van der Waals surface area contributed by atoms with Crippen molar-refractivity contribution in [2.45, 2.75) is 19.1 Å². The fourth-order valence-electron chi connectivity index (χ4n) is 2.19. The van der Waals surface area contributed by atoms with E-state index in [2.05, 4.69) is 15.9 Å². The third-order valence-corrected chi connectivity index (χ3v) is 4.48. The quantitative estimate of drug-likeness (QED) is 0.748. The van der Waals surface area contributed by atoms with Crippen molar-refractivity contribution in [3.63, 3.8) is 0 Å². The Kier molecular flexibility index (Phi) is 5.76. The van der Waals surface area contributed by atoms with Gasteiger partial charge in [-0.3, -0.25) is 0 Å². The van der Waals surface area contributed by atoms with Crippen LogP contribution in [0.15, 0.2) is 46.9 Å². The van der Waals surface area contributed by atoms with Crippen molar-refractivity contribution in [2.75, 3.05) is 6.61 Å². The van der Waals surface area contributed by atoms with Crippen molar-refractivity contribution in [1.29, 1.82) is 0 Å². The summed E-state index contributed by atoms with van der Waals surface area (Å²) in [6, 6.07) is 12.2. The summed E-state index contributed by atoms with van der Waals surface area (Å²) in [4.78, 5) is 0. The lowest BCUT2D eigenvalue weighted by Gasteiger charge is -2.25. The topological polar surface area (TPSA) is 35.2 Å². The molecule has 0 aromatic heterocycles. The lowest BCUT2D eigenvalue weighted by atomic mass is 9.96. The molecular weight excluding hydrogens is 357 g/mol. The summed E-state index contributed by atoms with van der Waals surface area (Å²) in [5.41, 5.74) is 7.48. The molecule has 2 aromatic carbocycles. The average molecular weight is 373 g/mol. The van der Waals surface area contributed by atoms with Gasteiger partial charge >= 0.3 is 0 Å². The number of benzene rings is 2. The lowest BCUT2D eigenvalue weighted by molar-refractivity contribution is 0.0421. The van der Waals surface area contributed by atoms with E-state index in [1.807, 2.05) is 37.3 Å². The maximum absolute atomic E-state index is 14.3. The molecular formula is C16H16BrClFNO. The highest BCUT2D eigenvalue weighted by molar-refractivity contribution is 9.10. The van der Waals surface area contributed by atoms with Crippen molar-refractivity contribution in [3.05, 3.63) is 68.9 Å². The van der Waals surface area contributed by atoms with Crippen LogP contribution in [0.1, 0.15) is 30.2 Å². The Morgan fingerprint density at radius 1 is 1.24 bits per heavy atom. The smallest absolute Gasteiger partial charge is 0.147 e. The first-order chi connectivity index (χ1) is 10.1. The van der Waals surface area contributed by atoms with Crippen molar-refractivity contribution < 1.29 is 9.13 Å². The summed E-state index contributed by atoms with van der Waals surface area (Å²) in [5, 5.41) is 0.0336. The van der Waals surface area contributed by atoms with Crippen molar-refractivity contribution in [1.82, 2.24) is 0 Å². The van der Waals surface area contributed by atoms with Gasteiger partial charge in [-0.15, -0.1) is 0 Å². The molecule has 0 aliphatic rings. The number of hydrogen-bond acceptors (Lipinski definition) is 2. The zero-order valence-electron chi connectivity index (χ0n) is 11.5. The molecule has 0 radical (unpaired) electrons. The third-order valence-electron chi connectivity index (χ3n) is 3.22. The fourth-order valence-corrected chi connectivity index (χ4v) is 2.67. The van der Waals surface area contributed by atoms with E-state index in [1.165, 1.54) is 0 Å². The number of hydrogen-bond donors (Lipinski definition) is 1. The zero-order valence-corrected chi connectivity index (χ0v) is 13.9. The predicted molar refractivity (Wildman–Crippen MR) is 86.8 cm³/mol. The van der Waals surface area contributed by atoms with Crippen LogP contribution >= 0.6 is 27.5 Å². The molecule has 5 heteroatoms. The highest BCUT2D eigenvalue weighted by Gasteiger charge is 2.25. The van der Waals surface area contributed by atoms with Crippen molar-refractivity contribution in [3.8, 4) is 0 Å². The van der Waals surface area contributed by atoms with E-state index in [0.717, 1.165) is 5.56 Å². The standard InChI is InChI=1S/C16H16BrClFNO/c1-2-21-16(10-6-4-3-5-7-10)15(20)11-8-9-12(17)13(18)14(11)19/h3-9,15-16H,2,20H2,1H3. The van der Waals surface area contributed by atoms with E-state index in [0.29, 0.717) is 16.6 Å². The van der Waals surface area contributed by atoms with Crippen LogP contribution in [-0.2, 0) is 4.74 Å². The number of nitrogens with two attached hydrogens (primary N) is 1. The Morgan fingerprint density at radius 3 is 2.52 bits per heavy atom. The Labute approximate surface area is 137 Å². The largest absolute Gasteiger partial charge is 0.372 e. The molecule has 2 rings (SSSR count). The minimum Gasteiger partial charge on any atom is -0.372 e. The normalized spacial score (nSPS) is 14.0. The molecule has 2 N–H and O–H groups in total. The van der Waals surface area contributed by atoms with Gasteiger partial charge in [-0.2, -0.15) is 0 Å². The molecule has 0 saturated heterocycles. The van der Waals surface area contributed by atoms with E-state index in [9.17, 15) is 4.39 Å². The van der Waals surface area contributed by atoms with Gasteiger partial charge in [0.1, 0.15) is 11.9 Å². The molecule has 21 heavy (non-hydrogen) atoms. The van der Waals surface area contributed by atoms with Gasteiger partial charge in [0.2, 0.25) is 0 Å². The van der Waals surface area contributed by atoms with Crippen LogP contribution in [0.25, 0.3) is 0 Å². The van der Waals surface area contributed by atoms with Crippen LogP contribution in [0.3, 0.4) is 0 Å². The van der Waals surface area contributed by atoms with Gasteiger partial charge in [0.25, 0.3) is 0 Å². The predicted octanol–water partition coefficient (Wildman–Crippen LogP) is 5.02. The van der Waals surface area contributed by atoms with E-state index in [4.69, 9.17) is 22.1 Å². The second-order valence-corrected chi connectivity index (χ2v) is 5.81. The van der Waals surface area contributed by atoms with Crippen LogP contribution in [0, 0.1) is 5.82 Å². The van der Waals surface area contributed by atoms with Crippen LogP contribution < -0.4 is 5.73 Å². The molecule has 2 unspecified atom stereocenters. The minimum absolute atomic E-state index is 0.0336. The van der Waals surface area contributed by atoms with Gasteiger partial charge in [0.15, 0.2) is 0 Å². The summed E-state index contributed by atoms with van der Waals surface area (Å²) in [7, 11) is 0. The molecule has 0 saturated carbocycles. The van der Waals surface area contributed by atoms with Gasteiger partial charge in [-0.1, -0.05) is 48.0 Å². The van der Waals surface area contributed by atoms with Crippen LogP contribution in [-0.4, -0.2) is 6.61 Å². The SMILES string of the molecule is CCOC(c1ccccc1)C(N)c1ccc(Br)c(Cl)c1F. The molecule has 0 bridgehead atoms. The second kappa shape index (κ2) is 7.36. The molecule has 2 aromatic rings. The highest BCUT2D eigenvalue weighted by Crippen LogP contribution is 2.35. The lowest BCUT2D eigenvalue weighted by Crippen LogP contribution is -2.23. The molecule has 112 valence electrons. The summed E-state index contributed by atoms with van der Waals surface area (Å²) < 4.78 is 20.6. The summed E-state index contributed by atoms with van der Waals surface area (Å²) in [6.07, 6.45) is -0.428. The summed E-state index contributed by atoms with van der Waals surface area (Å²) in [6.45, 7) is 2.37. The maximum Gasteiger partial charge on any atom is 0.147 e. The van der Waals surface area contributed by atoms with E-state index in [1.54, 1.807) is 12.1 Å². The first-order valence-electron chi connectivity index (χ1n) is 6.61. The highest BCUT2D eigenvalue weighted by atomic mass is 79.9. The average Bonchev–Trinajstić information content (AvgIpc) is 2.51. The number of ether oxygens (including phenoxy) is 1. The monoisotopic (exact) mass is 371 g/mol. The molecule has 0 amide bonds. The number of rotatable bonds is 5. The van der Waals surface area contributed by atoms with Crippen molar-refractivity contribution in [2.24, 2.45) is 5.73 Å². The fraction of sp³-hybridized carbons (Fsp3) is 0.250. The Hall–Kier alpha value is -0.940. The summed E-state index contributed by atoms with van der Waals surface area (Å²) >= 11 is 9.13. The number of halogens is 3. The molecule has 0 spiro atoms. The Bertz CT molecular complexity index is 609.